The van der Waals surface area contributed by atoms with E-state index in [1.165, 1.54) is 12.1 Å². The number of nitrogens with one attached hydrogen (secondary N) is 1. The number of phenolic OH excluding ortho intramolecular Hbond substituents is 1. The molecular formula is C22H22N4O4. The van der Waals surface area contributed by atoms with Gasteiger partial charge >= 0.3 is 0 Å². The highest BCUT2D eigenvalue weighted by Gasteiger charge is 2.19. The third-order valence-electron chi connectivity index (χ3n) is 5.03. The van der Waals surface area contributed by atoms with Crippen LogP contribution in [0.4, 0.5) is 5.69 Å². The fraction of sp³-hybridized carbons (Fsp3) is 0.273. The Balaban J connectivity index is 1.31. The van der Waals surface area contributed by atoms with Gasteiger partial charge in [0, 0.05) is 50.7 Å². The van der Waals surface area contributed by atoms with Gasteiger partial charge in [-0.1, -0.05) is 12.1 Å². The second kappa shape index (κ2) is 8.76. The molecule has 8 nitrogen and oxygen atoms in total. The monoisotopic (exact) mass is 406 g/mol. The average molecular weight is 406 g/mol. The average Bonchev–Trinajstić information content (AvgIpc) is 3.21. The van der Waals surface area contributed by atoms with Gasteiger partial charge in [-0.2, -0.15) is 5.26 Å². The second-order valence-corrected chi connectivity index (χ2v) is 7.16. The summed E-state index contributed by atoms with van der Waals surface area (Å²) in [4.78, 5) is 16.7. The first-order valence-electron chi connectivity index (χ1n) is 9.68. The van der Waals surface area contributed by atoms with Crippen LogP contribution < -0.4 is 14.8 Å². The summed E-state index contributed by atoms with van der Waals surface area (Å²) in [5.74, 6) is 1.12. The zero-order chi connectivity index (χ0) is 20.9. The van der Waals surface area contributed by atoms with Gasteiger partial charge in [0.25, 0.3) is 5.91 Å². The lowest BCUT2D eigenvalue weighted by Gasteiger charge is -2.34. The van der Waals surface area contributed by atoms with Crippen molar-refractivity contribution in [3.8, 4) is 23.3 Å². The van der Waals surface area contributed by atoms with E-state index in [9.17, 15) is 15.2 Å². The summed E-state index contributed by atoms with van der Waals surface area (Å²) < 4.78 is 10.8. The molecule has 4 rings (SSSR count). The maximum atomic E-state index is 12.4. The molecular weight excluding hydrogens is 384 g/mol. The zero-order valence-electron chi connectivity index (χ0n) is 16.4. The van der Waals surface area contributed by atoms with Crippen LogP contribution in [0.1, 0.15) is 5.56 Å². The lowest BCUT2D eigenvalue weighted by molar-refractivity contribution is -0.112. The predicted octanol–water partition coefficient (Wildman–Crippen LogP) is 2.28. The molecule has 0 aromatic heterocycles. The minimum absolute atomic E-state index is 0.0302. The van der Waals surface area contributed by atoms with Crippen molar-refractivity contribution in [3.05, 3.63) is 59.8 Å². The molecule has 2 aliphatic heterocycles. The van der Waals surface area contributed by atoms with Gasteiger partial charge in [-0.15, -0.1) is 0 Å². The van der Waals surface area contributed by atoms with Crippen LogP contribution in [0.3, 0.4) is 0 Å². The van der Waals surface area contributed by atoms with E-state index in [0.717, 1.165) is 49.8 Å². The van der Waals surface area contributed by atoms with Gasteiger partial charge < -0.3 is 24.8 Å². The highest BCUT2D eigenvalue weighted by Crippen LogP contribution is 2.32. The Morgan fingerprint density at radius 3 is 2.70 bits per heavy atom. The second-order valence-electron chi connectivity index (χ2n) is 7.16. The van der Waals surface area contributed by atoms with Crippen molar-refractivity contribution in [1.29, 1.82) is 5.26 Å². The molecule has 0 aliphatic carbocycles. The summed E-state index contributed by atoms with van der Waals surface area (Å²) >= 11 is 0. The van der Waals surface area contributed by atoms with Crippen LogP contribution in [-0.4, -0.2) is 53.8 Å². The third-order valence-corrected chi connectivity index (χ3v) is 5.03. The lowest BCUT2D eigenvalue weighted by Crippen LogP contribution is -2.43. The molecule has 2 aromatic rings. The van der Waals surface area contributed by atoms with Crippen LogP contribution in [0, 0.1) is 11.3 Å². The number of benzene rings is 2. The van der Waals surface area contributed by atoms with Crippen molar-refractivity contribution in [2.24, 2.45) is 0 Å². The Bertz CT molecular complexity index is 1010. The summed E-state index contributed by atoms with van der Waals surface area (Å²) in [7, 11) is 0. The Morgan fingerprint density at radius 2 is 1.93 bits per heavy atom. The molecule has 2 heterocycles. The van der Waals surface area contributed by atoms with E-state index >= 15 is 0 Å². The molecule has 0 radical (unpaired) electrons. The van der Waals surface area contributed by atoms with Crippen LogP contribution in [0.15, 0.2) is 54.2 Å². The molecule has 1 saturated heterocycles. The quantitative estimate of drug-likeness (QED) is 0.581. The fourth-order valence-corrected chi connectivity index (χ4v) is 3.45. The van der Waals surface area contributed by atoms with Gasteiger partial charge in [-0.25, -0.2) is 0 Å². The molecule has 0 unspecified atom stereocenters. The van der Waals surface area contributed by atoms with E-state index in [0.29, 0.717) is 5.69 Å². The Hall–Kier alpha value is -3.70. The molecule has 0 bridgehead atoms. The van der Waals surface area contributed by atoms with Crippen molar-refractivity contribution in [2.75, 3.05) is 38.3 Å². The number of ether oxygens (including phenoxy) is 2. The summed E-state index contributed by atoms with van der Waals surface area (Å²) in [5.41, 5.74) is 1.63. The largest absolute Gasteiger partial charge is 0.508 e. The van der Waals surface area contributed by atoms with Gasteiger partial charge in [-0.05, 0) is 29.8 Å². The molecule has 1 fully saturated rings. The fourth-order valence-electron chi connectivity index (χ4n) is 3.45. The molecule has 0 spiro atoms. The molecule has 0 atom stereocenters. The molecule has 0 saturated carbocycles. The SMILES string of the molecule is N#C/C(=C/N1CCN(Cc2ccc3c(c2)OCO3)CC1)C(=O)Nc1cccc(O)c1. The third kappa shape index (κ3) is 4.64. The number of nitriles is 1. The first-order valence-corrected chi connectivity index (χ1v) is 9.68. The minimum atomic E-state index is -0.495. The number of carbonyl (C=O) groups excluding carboxylic acids is 1. The Morgan fingerprint density at radius 1 is 1.13 bits per heavy atom. The van der Waals surface area contributed by atoms with E-state index < -0.39 is 5.91 Å². The van der Waals surface area contributed by atoms with Gasteiger partial charge in [0.05, 0.1) is 0 Å². The number of amides is 1. The normalized spacial score (nSPS) is 16.2. The van der Waals surface area contributed by atoms with Gasteiger partial charge in [0.2, 0.25) is 6.79 Å². The molecule has 2 aromatic carbocycles. The number of hydrogen-bond acceptors (Lipinski definition) is 7. The van der Waals surface area contributed by atoms with Crippen molar-refractivity contribution in [1.82, 2.24) is 9.80 Å². The maximum Gasteiger partial charge on any atom is 0.267 e. The van der Waals surface area contributed by atoms with Crippen LogP contribution in [0.25, 0.3) is 0 Å². The van der Waals surface area contributed by atoms with Gasteiger partial charge in [-0.3, -0.25) is 9.69 Å². The lowest BCUT2D eigenvalue weighted by atomic mass is 10.1. The van der Waals surface area contributed by atoms with E-state index in [1.54, 1.807) is 18.3 Å². The smallest absolute Gasteiger partial charge is 0.267 e. The Labute approximate surface area is 174 Å². The van der Waals surface area contributed by atoms with Crippen molar-refractivity contribution in [2.45, 2.75) is 6.54 Å². The van der Waals surface area contributed by atoms with Gasteiger partial charge in [0.1, 0.15) is 17.4 Å². The van der Waals surface area contributed by atoms with E-state index in [4.69, 9.17) is 9.47 Å². The topological polar surface area (TPSA) is 98.1 Å². The Kier molecular flexibility index (Phi) is 5.72. The number of fused-ring (bicyclic) bond motifs is 1. The summed E-state index contributed by atoms with van der Waals surface area (Å²) in [6, 6.07) is 14.2. The van der Waals surface area contributed by atoms with E-state index in [1.807, 2.05) is 29.2 Å². The van der Waals surface area contributed by atoms with Crippen molar-refractivity contribution in [3.63, 3.8) is 0 Å². The first kappa shape index (κ1) is 19.6. The van der Waals surface area contributed by atoms with E-state index in [2.05, 4.69) is 10.2 Å². The highest BCUT2D eigenvalue weighted by molar-refractivity contribution is 6.06. The van der Waals surface area contributed by atoms with Crippen LogP contribution in [0.5, 0.6) is 17.2 Å². The minimum Gasteiger partial charge on any atom is -0.508 e. The zero-order valence-corrected chi connectivity index (χ0v) is 16.4. The summed E-state index contributed by atoms with van der Waals surface area (Å²) in [5, 5.41) is 21.5. The predicted molar refractivity (Wildman–Crippen MR) is 110 cm³/mol. The molecule has 2 aliphatic rings. The molecule has 8 heteroatoms. The van der Waals surface area contributed by atoms with E-state index in [-0.39, 0.29) is 18.1 Å². The number of anilines is 1. The van der Waals surface area contributed by atoms with Crippen LogP contribution >= 0.6 is 0 Å². The summed E-state index contributed by atoms with van der Waals surface area (Å²) in [6.45, 7) is 4.14. The highest BCUT2D eigenvalue weighted by atomic mass is 16.7. The molecule has 30 heavy (non-hydrogen) atoms. The van der Waals surface area contributed by atoms with Crippen molar-refractivity contribution >= 4 is 11.6 Å². The summed E-state index contributed by atoms with van der Waals surface area (Å²) in [6.07, 6.45) is 1.61. The number of carbonyl (C=O) groups is 1. The number of hydrogen-bond donors (Lipinski definition) is 2. The number of piperazine rings is 1. The van der Waals surface area contributed by atoms with Crippen molar-refractivity contribution < 1.29 is 19.4 Å². The molecule has 1 amide bonds. The number of phenols is 1. The molecule has 2 N–H and O–H groups in total. The molecule has 154 valence electrons. The van der Waals surface area contributed by atoms with Crippen LogP contribution in [0.2, 0.25) is 0 Å². The number of rotatable bonds is 5. The maximum absolute atomic E-state index is 12.4. The van der Waals surface area contributed by atoms with Crippen LogP contribution in [-0.2, 0) is 11.3 Å². The number of aromatic hydroxyl groups is 1. The van der Waals surface area contributed by atoms with Gasteiger partial charge in [0.15, 0.2) is 11.5 Å². The standard InChI is InChI=1S/C22H22N4O4/c23-12-17(22(28)24-18-2-1-3-19(27)11-18)14-26-8-6-25(7-9-26)13-16-4-5-20-21(10-16)30-15-29-20/h1-5,10-11,14,27H,6-9,13,15H2,(H,24,28)/b17-14-. The number of nitrogens with zero attached hydrogens (tertiary/aromatic N) is 3. The first-order chi connectivity index (χ1) is 14.6.